The number of methoxy groups -OCH3 is 2. The van der Waals surface area contributed by atoms with Crippen molar-refractivity contribution in [2.24, 2.45) is 0 Å². The molecular formula is C21H27N3O4. The molecule has 7 nitrogen and oxygen atoms in total. The van der Waals surface area contributed by atoms with Crippen LogP contribution in [0.15, 0.2) is 12.1 Å². The Balaban J connectivity index is 1.67. The smallest absolute Gasteiger partial charge is 0.248 e. The maximum absolute atomic E-state index is 11.7. The van der Waals surface area contributed by atoms with Crippen molar-refractivity contribution in [3.05, 3.63) is 23.4 Å². The van der Waals surface area contributed by atoms with Crippen LogP contribution in [0.4, 0.5) is 5.69 Å². The molecule has 0 saturated carbocycles. The lowest BCUT2D eigenvalue weighted by molar-refractivity contribution is -0.135. The molecule has 1 aromatic heterocycles. The van der Waals surface area contributed by atoms with Gasteiger partial charge in [0.2, 0.25) is 5.91 Å². The first-order chi connectivity index (χ1) is 13.6. The van der Waals surface area contributed by atoms with Gasteiger partial charge in [-0.25, -0.2) is 0 Å². The van der Waals surface area contributed by atoms with Crippen LogP contribution in [-0.2, 0) is 17.6 Å². The Labute approximate surface area is 164 Å². The van der Waals surface area contributed by atoms with E-state index in [1.165, 1.54) is 5.56 Å². The summed E-state index contributed by atoms with van der Waals surface area (Å²) in [6.45, 7) is 0.918. The van der Waals surface area contributed by atoms with Gasteiger partial charge in [0.25, 0.3) is 0 Å². The standard InChI is InChI=1S/C21H27N3O4/c1-27-18-10-15-17(11-19(18)28-2)23-16-5-3-4-14(16)21(15)22-13-6-8-24(9-7-13)20(26)12-25/h10-11,13,25H,3-9,12H2,1-2H3,(H,22,23). The highest BCUT2D eigenvalue weighted by Gasteiger charge is 2.26. The highest BCUT2D eigenvalue weighted by molar-refractivity contribution is 5.96. The van der Waals surface area contributed by atoms with Crippen molar-refractivity contribution in [3.8, 4) is 11.5 Å². The number of rotatable bonds is 5. The molecule has 1 aromatic carbocycles. The Morgan fingerprint density at radius 3 is 2.61 bits per heavy atom. The van der Waals surface area contributed by atoms with Gasteiger partial charge in [-0.2, -0.15) is 0 Å². The number of carbonyl (C=O) groups excluding carboxylic acids is 1. The number of likely N-dealkylation sites (tertiary alicyclic amines) is 1. The minimum Gasteiger partial charge on any atom is -0.493 e. The number of ether oxygens (including phenoxy) is 2. The zero-order chi connectivity index (χ0) is 19.7. The monoisotopic (exact) mass is 385 g/mol. The molecule has 0 radical (unpaired) electrons. The van der Waals surface area contributed by atoms with Crippen molar-refractivity contribution in [1.29, 1.82) is 0 Å². The van der Waals surface area contributed by atoms with Crippen LogP contribution in [0.25, 0.3) is 10.9 Å². The summed E-state index contributed by atoms with van der Waals surface area (Å²) in [6.07, 6.45) is 4.86. The average Bonchev–Trinajstić information content (AvgIpc) is 3.20. The average molecular weight is 385 g/mol. The normalized spacial score (nSPS) is 16.9. The van der Waals surface area contributed by atoms with E-state index >= 15 is 0 Å². The fourth-order valence-corrected chi connectivity index (χ4v) is 4.33. The van der Waals surface area contributed by atoms with Crippen LogP contribution in [0.3, 0.4) is 0 Å². The van der Waals surface area contributed by atoms with E-state index in [9.17, 15) is 4.79 Å². The number of nitrogens with one attached hydrogen (secondary N) is 1. The number of hydrogen-bond acceptors (Lipinski definition) is 6. The molecule has 4 rings (SSSR count). The number of carbonyl (C=O) groups is 1. The molecule has 7 heteroatoms. The molecule has 2 heterocycles. The number of hydrogen-bond donors (Lipinski definition) is 2. The maximum atomic E-state index is 11.7. The number of aliphatic hydroxyl groups is 1. The summed E-state index contributed by atoms with van der Waals surface area (Å²) in [5.41, 5.74) is 4.52. The second-order valence-electron chi connectivity index (χ2n) is 7.45. The topological polar surface area (TPSA) is 83.9 Å². The van der Waals surface area contributed by atoms with Crippen LogP contribution in [0.2, 0.25) is 0 Å². The van der Waals surface area contributed by atoms with Gasteiger partial charge in [-0.15, -0.1) is 0 Å². The molecule has 1 amide bonds. The zero-order valence-electron chi connectivity index (χ0n) is 16.5. The molecule has 1 saturated heterocycles. The van der Waals surface area contributed by atoms with Gasteiger partial charge in [0.1, 0.15) is 6.61 Å². The predicted molar refractivity (Wildman–Crippen MR) is 107 cm³/mol. The number of fused-ring (bicyclic) bond motifs is 2. The molecule has 0 spiro atoms. The lowest BCUT2D eigenvalue weighted by atomic mass is 10.0. The molecule has 0 atom stereocenters. The number of pyridine rings is 1. The van der Waals surface area contributed by atoms with E-state index in [2.05, 4.69) is 5.32 Å². The minimum atomic E-state index is -0.414. The third kappa shape index (κ3) is 3.35. The van der Waals surface area contributed by atoms with E-state index in [4.69, 9.17) is 19.6 Å². The summed E-state index contributed by atoms with van der Waals surface area (Å²) in [4.78, 5) is 18.3. The lowest BCUT2D eigenvalue weighted by Gasteiger charge is -2.33. The second kappa shape index (κ2) is 7.83. The lowest BCUT2D eigenvalue weighted by Crippen LogP contribution is -2.43. The molecule has 0 bridgehead atoms. The van der Waals surface area contributed by atoms with Gasteiger partial charge < -0.3 is 24.8 Å². The highest BCUT2D eigenvalue weighted by Crippen LogP contribution is 2.40. The number of nitrogens with zero attached hydrogens (tertiary/aromatic N) is 2. The first-order valence-electron chi connectivity index (χ1n) is 9.87. The largest absolute Gasteiger partial charge is 0.493 e. The maximum Gasteiger partial charge on any atom is 0.248 e. The molecule has 1 fully saturated rings. The van der Waals surface area contributed by atoms with Gasteiger partial charge in [-0.05, 0) is 43.7 Å². The van der Waals surface area contributed by atoms with Gasteiger partial charge in [0.15, 0.2) is 11.5 Å². The third-order valence-corrected chi connectivity index (χ3v) is 5.85. The number of benzene rings is 1. The number of piperidine rings is 1. The minimum absolute atomic E-state index is 0.189. The number of aryl methyl sites for hydroxylation is 1. The van der Waals surface area contributed by atoms with Gasteiger partial charge in [0, 0.05) is 42.0 Å². The van der Waals surface area contributed by atoms with Gasteiger partial charge in [0.05, 0.1) is 19.7 Å². The van der Waals surface area contributed by atoms with Crippen LogP contribution < -0.4 is 14.8 Å². The number of aromatic nitrogens is 1. The Kier molecular flexibility index (Phi) is 5.26. The summed E-state index contributed by atoms with van der Waals surface area (Å²) in [5.74, 6) is 1.19. The summed E-state index contributed by atoms with van der Waals surface area (Å²) >= 11 is 0. The van der Waals surface area contributed by atoms with Crippen molar-refractivity contribution in [2.75, 3.05) is 39.2 Å². The zero-order valence-corrected chi connectivity index (χ0v) is 16.5. The Hall–Kier alpha value is -2.54. The fraction of sp³-hybridized carbons (Fsp3) is 0.524. The van der Waals surface area contributed by atoms with E-state index in [1.54, 1.807) is 19.1 Å². The van der Waals surface area contributed by atoms with Crippen LogP contribution in [0, 0.1) is 0 Å². The SMILES string of the molecule is COc1cc2nc3c(c(NC4CCN(C(=O)CO)CC4)c2cc1OC)CCC3. The third-order valence-electron chi connectivity index (χ3n) is 5.85. The number of aliphatic hydroxyl groups excluding tert-OH is 1. The van der Waals surface area contributed by atoms with Crippen molar-refractivity contribution in [1.82, 2.24) is 9.88 Å². The number of amides is 1. The first kappa shape index (κ1) is 18.8. The molecule has 150 valence electrons. The molecule has 1 aliphatic heterocycles. The van der Waals surface area contributed by atoms with Gasteiger partial charge >= 0.3 is 0 Å². The number of anilines is 1. The van der Waals surface area contributed by atoms with E-state index in [1.807, 2.05) is 12.1 Å². The Bertz CT molecular complexity index is 891. The molecule has 2 aliphatic rings. The molecule has 2 N–H and O–H groups in total. The summed E-state index contributed by atoms with van der Waals surface area (Å²) < 4.78 is 11.0. The van der Waals surface area contributed by atoms with Crippen molar-refractivity contribution in [3.63, 3.8) is 0 Å². The molecule has 0 unspecified atom stereocenters. The summed E-state index contributed by atoms with van der Waals surface area (Å²) in [6, 6.07) is 4.23. The second-order valence-corrected chi connectivity index (χ2v) is 7.45. The molecular weight excluding hydrogens is 358 g/mol. The first-order valence-corrected chi connectivity index (χ1v) is 9.87. The van der Waals surface area contributed by atoms with Crippen LogP contribution >= 0.6 is 0 Å². The van der Waals surface area contributed by atoms with E-state index in [-0.39, 0.29) is 11.9 Å². The Morgan fingerprint density at radius 1 is 1.21 bits per heavy atom. The van der Waals surface area contributed by atoms with Crippen molar-refractivity contribution >= 4 is 22.5 Å². The highest BCUT2D eigenvalue weighted by atomic mass is 16.5. The van der Waals surface area contributed by atoms with Gasteiger partial charge in [-0.1, -0.05) is 0 Å². The van der Waals surface area contributed by atoms with Crippen molar-refractivity contribution < 1.29 is 19.4 Å². The van der Waals surface area contributed by atoms with Gasteiger partial charge in [-0.3, -0.25) is 9.78 Å². The predicted octanol–water partition coefficient (Wildman–Crippen LogP) is 2.14. The quantitative estimate of drug-likeness (QED) is 0.820. The van der Waals surface area contributed by atoms with E-state index < -0.39 is 6.61 Å². The summed E-state index contributed by atoms with van der Waals surface area (Å²) in [5, 5.41) is 13.9. The molecule has 1 aliphatic carbocycles. The van der Waals surface area contributed by atoms with Crippen LogP contribution in [0.1, 0.15) is 30.5 Å². The molecule has 28 heavy (non-hydrogen) atoms. The van der Waals surface area contributed by atoms with E-state index in [0.29, 0.717) is 24.6 Å². The fourth-order valence-electron chi connectivity index (χ4n) is 4.33. The molecule has 2 aromatic rings. The van der Waals surface area contributed by atoms with E-state index in [0.717, 1.165) is 54.4 Å². The van der Waals surface area contributed by atoms with Crippen molar-refractivity contribution in [2.45, 2.75) is 38.1 Å². The van der Waals surface area contributed by atoms with Crippen LogP contribution in [0.5, 0.6) is 11.5 Å². The Morgan fingerprint density at radius 2 is 1.93 bits per heavy atom. The summed E-state index contributed by atoms with van der Waals surface area (Å²) in [7, 11) is 3.28. The van der Waals surface area contributed by atoms with Crippen LogP contribution in [-0.4, -0.2) is 60.9 Å².